The van der Waals surface area contributed by atoms with Gasteiger partial charge in [-0.25, -0.2) is 19.0 Å². The molecule has 4 heterocycles. The summed E-state index contributed by atoms with van der Waals surface area (Å²) in [7, 11) is 0. The third kappa shape index (κ3) is 1.74. The van der Waals surface area contributed by atoms with Crippen LogP contribution in [0.2, 0.25) is 0 Å². The van der Waals surface area contributed by atoms with Gasteiger partial charge in [0, 0.05) is 12.4 Å². The van der Waals surface area contributed by atoms with E-state index < -0.39 is 0 Å². The molecule has 0 aliphatic carbocycles. The Hall–Kier alpha value is -2.76. The van der Waals surface area contributed by atoms with Gasteiger partial charge in [0.05, 0.1) is 6.42 Å². The van der Waals surface area contributed by atoms with Crippen LogP contribution in [-0.2, 0) is 6.42 Å². The Bertz CT molecular complexity index is 721. The highest BCUT2D eigenvalue weighted by atomic mass is 15.3. The molecule has 6 heteroatoms. The molecule has 0 saturated heterocycles. The summed E-state index contributed by atoms with van der Waals surface area (Å²) in [5.74, 6) is 1.45. The normalized spacial score (nSPS) is 11.4. The Kier molecular flexibility index (Phi) is 2.08. The van der Waals surface area contributed by atoms with Gasteiger partial charge in [-0.05, 0) is 24.3 Å². The van der Waals surface area contributed by atoms with E-state index in [0.717, 1.165) is 22.9 Å². The maximum atomic E-state index is 4.44. The van der Waals surface area contributed by atoms with Gasteiger partial charge in [-0.15, -0.1) is 0 Å². The Morgan fingerprint density at radius 3 is 1.74 bits per heavy atom. The molecule has 0 spiro atoms. The molecular weight excluding hydrogens is 240 g/mol. The zero-order valence-electron chi connectivity index (χ0n) is 10.0. The molecule has 92 valence electrons. The van der Waals surface area contributed by atoms with Crippen molar-refractivity contribution in [2.75, 3.05) is 0 Å². The van der Waals surface area contributed by atoms with E-state index in [4.69, 9.17) is 0 Å². The molecule has 0 saturated carbocycles. The lowest BCUT2D eigenvalue weighted by Crippen LogP contribution is -1.95. The molecule has 4 aromatic heterocycles. The van der Waals surface area contributed by atoms with E-state index in [2.05, 4.69) is 20.2 Å². The van der Waals surface area contributed by atoms with Crippen LogP contribution in [0.1, 0.15) is 11.6 Å². The van der Waals surface area contributed by atoms with Crippen molar-refractivity contribution in [1.82, 2.24) is 29.2 Å². The number of pyridine rings is 2. The molecule has 0 fully saturated rings. The highest BCUT2D eigenvalue weighted by Crippen LogP contribution is 2.06. The van der Waals surface area contributed by atoms with Gasteiger partial charge in [0.1, 0.15) is 0 Å². The van der Waals surface area contributed by atoms with E-state index in [-0.39, 0.29) is 0 Å². The van der Waals surface area contributed by atoms with Crippen LogP contribution in [0.4, 0.5) is 0 Å². The Balaban J connectivity index is 1.73. The molecule has 6 nitrogen and oxygen atoms in total. The highest BCUT2D eigenvalue weighted by molar-refractivity contribution is 5.38. The summed E-state index contributed by atoms with van der Waals surface area (Å²) in [5, 5.41) is 8.79. The Labute approximate surface area is 108 Å². The topological polar surface area (TPSA) is 60.4 Å². The number of hydrogen-bond acceptors (Lipinski definition) is 4. The fourth-order valence-electron chi connectivity index (χ4n) is 2.05. The monoisotopic (exact) mass is 250 g/mol. The van der Waals surface area contributed by atoms with Crippen LogP contribution in [0, 0.1) is 0 Å². The lowest BCUT2D eigenvalue weighted by molar-refractivity contribution is 0.846. The first-order valence-electron chi connectivity index (χ1n) is 5.99. The lowest BCUT2D eigenvalue weighted by Gasteiger charge is -1.87. The minimum absolute atomic E-state index is 0.531. The van der Waals surface area contributed by atoms with Crippen molar-refractivity contribution < 1.29 is 0 Å². The number of nitrogens with zero attached hydrogens (tertiary/aromatic N) is 6. The largest absolute Gasteiger partial charge is 0.221 e. The van der Waals surface area contributed by atoms with Crippen molar-refractivity contribution in [2.45, 2.75) is 6.42 Å². The molecule has 0 aliphatic rings. The van der Waals surface area contributed by atoms with Crippen molar-refractivity contribution in [2.24, 2.45) is 0 Å². The van der Waals surface area contributed by atoms with E-state index >= 15 is 0 Å². The minimum atomic E-state index is 0.531. The SMILES string of the molecule is c1ccn2nc(Cc3nc4ccccn4n3)nc2c1. The van der Waals surface area contributed by atoms with Gasteiger partial charge in [-0.2, -0.15) is 10.2 Å². The van der Waals surface area contributed by atoms with E-state index in [0.29, 0.717) is 6.42 Å². The van der Waals surface area contributed by atoms with Gasteiger partial charge in [0.25, 0.3) is 0 Å². The molecule has 0 unspecified atom stereocenters. The van der Waals surface area contributed by atoms with Crippen LogP contribution in [-0.4, -0.2) is 29.2 Å². The standard InChI is InChI=1S/C13H10N6/c1-3-7-18-12(5-1)14-10(16-18)9-11-15-13-6-2-4-8-19(13)17-11/h1-8H,9H2. The van der Waals surface area contributed by atoms with Crippen molar-refractivity contribution >= 4 is 11.3 Å². The summed E-state index contributed by atoms with van der Waals surface area (Å²) in [6, 6.07) is 11.6. The predicted molar refractivity (Wildman–Crippen MR) is 68.8 cm³/mol. The van der Waals surface area contributed by atoms with Crippen LogP contribution in [0.15, 0.2) is 48.8 Å². The van der Waals surface area contributed by atoms with Crippen LogP contribution in [0.25, 0.3) is 11.3 Å². The van der Waals surface area contributed by atoms with Gasteiger partial charge < -0.3 is 0 Å². The molecule has 4 aromatic rings. The van der Waals surface area contributed by atoms with Crippen molar-refractivity contribution in [3.8, 4) is 0 Å². The highest BCUT2D eigenvalue weighted by Gasteiger charge is 2.08. The summed E-state index contributed by atoms with van der Waals surface area (Å²) in [6.07, 6.45) is 4.29. The summed E-state index contributed by atoms with van der Waals surface area (Å²) < 4.78 is 3.51. The Morgan fingerprint density at radius 1 is 0.737 bits per heavy atom. The predicted octanol–water partition coefficient (Wildman–Crippen LogP) is 1.36. The van der Waals surface area contributed by atoms with Gasteiger partial charge >= 0.3 is 0 Å². The number of rotatable bonds is 2. The van der Waals surface area contributed by atoms with Crippen LogP contribution >= 0.6 is 0 Å². The smallest absolute Gasteiger partial charge is 0.159 e. The van der Waals surface area contributed by atoms with E-state index in [1.807, 2.05) is 48.8 Å². The number of aromatic nitrogens is 6. The molecule has 19 heavy (non-hydrogen) atoms. The van der Waals surface area contributed by atoms with Crippen LogP contribution < -0.4 is 0 Å². The first-order valence-corrected chi connectivity index (χ1v) is 5.99. The van der Waals surface area contributed by atoms with E-state index in [1.165, 1.54) is 0 Å². The number of hydrogen-bond donors (Lipinski definition) is 0. The Morgan fingerprint density at radius 2 is 1.26 bits per heavy atom. The third-order valence-electron chi connectivity index (χ3n) is 2.89. The summed E-state index contributed by atoms with van der Waals surface area (Å²) in [5.41, 5.74) is 1.67. The van der Waals surface area contributed by atoms with Gasteiger partial charge in [0.15, 0.2) is 22.9 Å². The molecule has 0 radical (unpaired) electrons. The second kappa shape index (κ2) is 3.88. The van der Waals surface area contributed by atoms with Gasteiger partial charge in [-0.3, -0.25) is 0 Å². The average molecular weight is 250 g/mol. The lowest BCUT2D eigenvalue weighted by atomic mass is 10.4. The first kappa shape index (κ1) is 10.2. The molecule has 0 aromatic carbocycles. The molecular formula is C13H10N6. The fourth-order valence-corrected chi connectivity index (χ4v) is 2.05. The van der Waals surface area contributed by atoms with Crippen molar-refractivity contribution in [3.63, 3.8) is 0 Å². The fraction of sp³-hybridized carbons (Fsp3) is 0.0769. The second-order valence-corrected chi connectivity index (χ2v) is 4.24. The molecule has 0 amide bonds. The quantitative estimate of drug-likeness (QED) is 0.539. The summed E-state index contributed by atoms with van der Waals surface area (Å²) in [4.78, 5) is 8.88. The van der Waals surface area contributed by atoms with Crippen LogP contribution in [0.3, 0.4) is 0 Å². The van der Waals surface area contributed by atoms with Gasteiger partial charge in [0.2, 0.25) is 0 Å². The van der Waals surface area contributed by atoms with Gasteiger partial charge in [-0.1, -0.05) is 12.1 Å². The minimum Gasteiger partial charge on any atom is -0.221 e. The number of fused-ring (bicyclic) bond motifs is 2. The summed E-state index contributed by atoms with van der Waals surface area (Å²) in [6.45, 7) is 0. The van der Waals surface area contributed by atoms with E-state index in [9.17, 15) is 0 Å². The first-order chi connectivity index (χ1) is 9.38. The second-order valence-electron chi connectivity index (χ2n) is 4.24. The van der Waals surface area contributed by atoms with Crippen LogP contribution in [0.5, 0.6) is 0 Å². The van der Waals surface area contributed by atoms with Crippen molar-refractivity contribution in [3.05, 3.63) is 60.4 Å². The maximum absolute atomic E-state index is 4.44. The zero-order chi connectivity index (χ0) is 12.7. The van der Waals surface area contributed by atoms with E-state index in [1.54, 1.807) is 9.03 Å². The molecule has 0 bridgehead atoms. The summed E-state index contributed by atoms with van der Waals surface area (Å²) >= 11 is 0. The average Bonchev–Trinajstić information content (AvgIpc) is 3.00. The molecule has 4 rings (SSSR count). The third-order valence-corrected chi connectivity index (χ3v) is 2.89. The maximum Gasteiger partial charge on any atom is 0.159 e. The van der Waals surface area contributed by atoms with Crippen molar-refractivity contribution in [1.29, 1.82) is 0 Å². The molecule has 0 N–H and O–H groups in total. The zero-order valence-corrected chi connectivity index (χ0v) is 10.0. The molecule has 0 aliphatic heterocycles. The molecule has 0 atom stereocenters.